The van der Waals surface area contributed by atoms with Gasteiger partial charge in [0.25, 0.3) is 0 Å². The van der Waals surface area contributed by atoms with Gasteiger partial charge in [-0.3, -0.25) is 0 Å². The van der Waals surface area contributed by atoms with Gasteiger partial charge in [0.1, 0.15) is 5.82 Å². The number of hydrogen-bond donors (Lipinski definition) is 2. The van der Waals surface area contributed by atoms with Crippen LogP contribution in [0.2, 0.25) is 0 Å². The van der Waals surface area contributed by atoms with Crippen molar-refractivity contribution in [1.29, 1.82) is 0 Å². The molecule has 118 valence electrons. The Morgan fingerprint density at radius 3 is 2.62 bits per heavy atom. The number of anilines is 1. The third kappa shape index (κ3) is 5.31. The van der Waals surface area contributed by atoms with E-state index in [0.29, 0.717) is 11.9 Å². The molecule has 3 heteroatoms. The van der Waals surface area contributed by atoms with Gasteiger partial charge in [-0.1, -0.05) is 45.1 Å². The second-order valence-electron chi connectivity index (χ2n) is 6.42. The number of hydrogen-bond acceptors (Lipinski definition) is 3. The standard InChI is InChI=1S/C18H31N3/c1-2-12-20-17(14-16-11-8-13-21-18(16)19)15-9-6-4-3-5-7-10-15/h8,11,13,15,17,20H,2-7,9-10,12,14H2,1H3,(H2,19,21). The average Bonchev–Trinajstić information content (AvgIpc) is 2.45. The Kier molecular flexibility index (Phi) is 7.01. The maximum Gasteiger partial charge on any atom is 0.126 e. The fourth-order valence-corrected chi connectivity index (χ4v) is 3.49. The third-order valence-electron chi connectivity index (χ3n) is 4.74. The predicted molar refractivity (Wildman–Crippen MR) is 90.2 cm³/mol. The van der Waals surface area contributed by atoms with E-state index >= 15 is 0 Å². The fraction of sp³-hybridized carbons (Fsp3) is 0.722. The van der Waals surface area contributed by atoms with E-state index in [-0.39, 0.29) is 0 Å². The molecule has 0 bridgehead atoms. The van der Waals surface area contributed by atoms with Crippen LogP contribution in [0.1, 0.15) is 63.9 Å². The number of rotatable bonds is 6. The van der Waals surface area contributed by atoms with Gasteiger partial charge in [-0.05, 0) is 49.8 Å². The fourth-order valence-electron chi connectivity index (χ4n) is 3.49. The Labute approximate surface area is 129 Å². The molecule has 21 heavy (non-hydrogen) atoms. The molecule has 1 atom stereocenters. The van der Waals surface area contributed by atoms with Crippen LogP contribution in [-0.2, 0) is 6.42 Å². The van der Waals surface area contributed by atoms with Gasteiger partial charge < -0.3 is 11.1 Å². The minimum absolute atomic E-state index is 0.551. The van der Waals surface area contributed by atoms with E-state index in [2.05, 4.69) is 23.3 Å². The molecule has 3 N–H and O–H groups in total. The second kappa shape index (κ2) is 9.04. The third-order valence-corrected chi connectivity index (χ3v) is 4.74. The van der Waals surface area contributed by atoms with E-state index in [1.54, 1.807) is 6.20 Å². The first-order valence-corrected chi connectivity index (χ1v) is 8.74. The lowest BCUT2D eigenvalue weighted by molar-refractivity contribution is 0.283. The molecule has 0 radical (unpaired) electrons. The first-order valence-electron chi connectivity index (χ1n) is 8.74. The lowest BCUT2D eigenvalue weighted by Crippen LogP contribution is -2.39. The van der Waals surface area contributed by atoms with Crippen molar-refractivity contribution in [3.8, 4) is 0 Å². The molecule has 1 fully saturated rings. The highest BCUT2D eigenvalue weighted by Gasteiger charge is 2.22. The van der Waals surface area contributed by atoms with E-state index in [1.807, 2.05) is 6.07 Å². The number of aromatic nitrogens is 1. The SMILES string of the molecule is CCCNC(Cc1cccnc1N)C1CCCCCCC1. The first-order chi connectivity index (χ1) is 10.3. The molecule has 0 aliphatic heterocycles. The summed E-state index contributed by atoms with van der Waals surface area (Å²) in [5.74, 6) is 1.49. The molecular formula is C18H31N3. The van der Waals surface area contributed by atoms with Gasteiger partial charge in [-0.25, -0.2) is 4.98 Å². The summed E-state index contributed by atoms with van der Waals surface area (Å²) in [6.45, 7) is 3.34. The smallest absolute Gasteiger partial charge is 0.126 e. The highest BCUT2D eigenvalue weighted by atomic mass is 14.9. The van der Waals surface area contributed by atoms with Crippen LogP contribution in [0.15, 0.2) is 18.3 Å². The van der Waals surface area contributed by atoms with Crippen LogP contribution in [-0.4, -0.2) is 17.6 Å². The topological polar surface area (TPSA) is 50.9 Å². The van der Waals surface area contributed by atoms with E-state index < -0.39 is 0 Å². The number of nitrogens with one attached hydrogen (secondary N) is 1. The van der Waals surface area contributed by atoms with E-state index in [9.17, 15) is 0 Å². The summed E-state index contributed by atoms with van der Waals surface area (Å²) < 4.78 is 0. The van der Waals surface area contributed by atoms with E-state index in [4.69, 9.17) is 5.73 Å². The van der Waals surface area contributed by atoms with Crippen molar-refractivity contribution in [2.24, 2.45) is 5.92 Å². The van der Waals surface area contributed by atoms with Crippen LogP contribution < -0.4 is 11.1 Å². The van der Waals surface area contributed by atoms with E-state index in [0.717, 1.165) is 18.9 Å². The van der Waals surface area contributed by atoms with Gasteiger partial charge in [0.15, 0.2) is 0 Å². The van der Waals surface area contributed by atoms with Crippen molar-refractivity contribution in [3.63, 3.8) is 0 Å². The normalized spacial score (nSPS) is 18.9. The van der Waals surface area contributed by atoms with Gasteiger partial charge in [0, 0.05) is 12.2 Å². The Morgan fingerprint density at radius 2 is 1.95 bits per heavy atom. The predicted octanol–water partition coefficient (Wildman–Crippen LogP) is 3.94. The van der Waals surface area contributed by atoms with Gasteiger partial charge in [0.05, 0.1) is 0 Å². The number of pyridine rings is 1. The first kappa shape index (κ1) is 16.3. The van der Waals surface area contributed by atoms with Crippen molar-refractivity contribution in [2.75, 3.05) is 12.3 Å². The van der Waals surface area contributed by atoms with Gasteiger partial charge in [-0.2, -0.15) is 0 Å². The monoisotopic (exact) mass is 289 g/mol. The zero-order valence-corrected chi connectivity index (χ0v) is 13.5. The summed E-state index contributed by atoms with van der Waals surface area (Å²) in [6.07, 6.45) is 13.7. The van der Waals surface area contributed by atoms with Crippen LogP contribution >= 0.6 is 0 Å². The summed E-state index contributed by atoms with van der Waals surface area (Å²) in [7, 11) is 0. The van der Waals surface area contributed by atoms with Crippen molar-refractivity contribution >= 4 is 5.82 Å². The minimum atomic E-state index is 0.551. The molecule has 1 saturated carbocycles. The molecular weight excluding hydrogens is 258 g/mol. The minimum Gasteiger partial charge on any atom is -0.383 e. The van der Waals surface area contributed by atoms with Gasteiger partial charge in [-0.15, -0.1) is 0 Å². The highest BCUT2D eigenvalue weighted by Crippen LogP contribution is 2.27. The molecule has 1 aliphatic rings. The highest BCUT2D eigenvalue weighted by molar-refractivity contribution is 5.39. The molecule has 1 aromatic rings. The van der Waals surface area contributed by atoms with Gasteiger partial charge in [0.2, 0.25) is 0 Å². The van der Waals surface area contributed by atoms with Crippen molar-refractivity contribution < 1.29 is 0 Å². The molecule has 1 aromatic heterocycles. The number of nitrogens with two attached hydrogens (primary N) is 1. The molecule has 1 heterocycles. The molecule has 1 unspecified atom stereocenters. The quantitative estimate of drug-likeness (QED) is 0.834. The molecule has 1 aliphatic carbocycles. The molecule has 0 saturated heterocycles. The zero-order valence-electron chi connectivity index (χ0n) is 13.5. The molecule has 3 nitrogen and oxygen atoms in total. The summed E-state index contributed by atoms with van der Waals surface area (Å²) in [5.41, 5.74) is 7.25. The number of nitrogens with zero attached hydrogens (tertiary/aromatic N) is 1. The zero-order chi connectivity index (χ0) is 14.9. The Hall–Kier alpha value is -1.09. The van der Waals surface area contributed by atoms with Crippen molar-refractivity contribution in [3.05, 3.63) is 23.9 Å². The van der Waals surface area contributed by atoms with E-state index in [1.165, 1.54) is 56.9 Å². The molecule has 0 amide bonds. The summed E-state index contributed by atoms with van der Waals surface area (Å²) in [6, 6.07) is 4.68. The van der Waals surface area contributed by atoms with Crippen LogP contribution in [0.25, 0.3) is 0 Å². The Morgan fingerprint density at radius 1 is 1.24 bits per heavy atom. The molecule has 2 rings (SSSR count). The summed E-state index contributed by atoms with van der Waals surface area (Å²) >= 11 is 0. The van der Waals surface area contributed by atoms with Crippen LogP contribution in [0, 0.1) is 5.92 Å². The lowest BCUT2D eigenvalue weighted by Gasteiger charge is -2.30. The van der Waals surface area contributed by atoms with Gasteiger partial charge >= 0.3 is 0 Å². The maximum atomic E-state index is 6.04. The summed E-state index contributed by atoms with van der Waals surface area (Å²) in [4.78, 5) is 4.24. The largest absolute Gasteiger partial charge is 0.383 e. The lowest BCUT2D eigenvalue weighted by atomic mass is 9.83. The maximum absolute atomic E-state index is 6.04. The average molecular weight is 289 g/mol. The van der Waals surface area contributed by atoms with Crippen molar-refractivity contribution in [2.45, 2.75) is 70.8 Å². The number of nitrogen functional groups attached to an aromatic ring is 1. The summed E-state index contributed by atoms with van der Waals surface area (Å²) in [5, 5.41) is 3.78. The Bertz CT molecular complexity index is 397. The second-order valence-corrected chi connectivity index (χ2v) is 6.42. The van der Waals surface area contributed by atoms with Crippen LogP contribution in [0.5, 0.6) is 0 Å². The van der Waals surface area contributed by atoms with Crippen LogP contribution in [0.3, 0.4) is 0 Å². The van der Waals surface area contributed by atoms with Crippen LogP contribution in [0.4, 0.5) is 5.82 Å². The Balaban J connectivity index is 2.03. The molecule has 0 spiro atoms. The molecule has 0 aromatic carbocycles. The van der Waals surface area contributed by atoms with Crippen molar-refractivity contribution in [1.82, 2.24) is 10.3 Å².